The predicted octanol–water partition coefficient (Wildman–Crippen LogP) is 3.33. The molecule has 1 N–H and O–H groups in total. The minimum atomic E-state index is 0.0521. The lowest BCUT2D eigenvalue weighted by atomic mass is 9.59. The Balaban J connectivity index is 1.39. The van der Waals surface area contributed by atoms with Gasteiger partial charge in [-0.2, -0.15) is 0 Å². The maximum Gasteiger partial charge on any atom is 0.317 e. The molecule has 0 aromatic heterocycles. The van der Waals surface area contributed by atoms with Crippen molar-refractivity contribution in [1.29, 1.82) is 0 Å². The molecule has 2 aromatic carbocycles. The molecule has 2 amide bonds. The molecule has 4 nitrogen and oxygen atoms in total. The fourth-order valence-corrected chi connectivity index (χ4v) is 5.06. The molecular weight excluding hydrogens is 324 g/mol. The highest BCUT2D eigenvalue weighted by molar-refractivity contribution is 5.74. The number of nitrogens with zero attached hydrogens (tertiary/aromatic N) is 1. The van der Waals surface area contributed by atoms with E-state index in [1.54, 1.807) is 0 Å². The number of carbonyl (C=O) groups is 1. The molecule has 1 unspecified atom stereocenters. The van der Waals surface area contributed by atoms with Crippen molar-refractivity contribution in [2.45, 2.75) is 18.3 Å². The Bertz CT molecular complexity index is 781. The van der Waals surface area contributed by atoms with Crippen LogP contribution in [-0.4, -0.2) is 43.8 Å². The summed E-state index contributed by atoms with van der Waals surface area (Å²) in [5.41, 5.74) is 5.86. The molecule has 4 aliphatic rings. The van der Waals surface area contributed by atoms with Gasteiger partial charge < -0.3 is 15.0 Å². The normalized spacial score (nSPS) is 26.2. The predicted molar refractivity (Wildman–Crippen MR) is 100 cm³/mol. The van der Waals surface area contributed by atoms with Gasteiger partial charge in [-0.3, -0.25) is 0 Å². The summed E-state index contributed by atoms with van der Waals surface area (Å²) in [5.74, 6) is 1.30. The average Bonchev–Trinajstić information content (AvgIpc) is 2.73. The monoisotopic (exact) mass is 348 g/mol. The summed E-state index contributed by atoms with van der Waals surface area (Å²) in [4.78, 5) is 14.4. The van der Waals surface area contributed by atoms with Gasteiger partial charge in [-0.05, 0) is 34.6 Å². The molecule has 1 atom stereocenters. The first kappa shape index (κ1) is 15.9. The first-order valence-corrected chi connectivity index (χ1v) is 9.61. The molecule has 6 rings (SSSR count). The molecule has 1 aliphatic heterocycles. The van der Waals surface area contributed by atoms with Crippen LogP contribution >= 0.6 is 0 Å². The summed E-state index contributed by atoms with van der Waals surface area (Å²) in [6, 6.07) is 17.8. The summed E-state index contributed by atoms with van der Waals surface area (Å²) in [5, 5.41) is 3.20. The zero-order valence-electron chi connectivity index (χ0n) is 14.9. The van der Waals surface area contributed by atoms with Gasteiger partial charge in [-0.1, -0.05) is 48.5 Å². The van der Waals surface area contributed by atoms with E-state index < -0.39 is 0 Å². The number of amides is 2. The van der Waals surface area contributed by atoms with Crippen LogP contribution in [0.25, 0.3) is 0 Å². The Kier molecular flexibility index (Phi) is 3.93. The van der Waals surface area contributed by atoms with Crippen LogP contribution in [0.1, 0.15) is 40.5 Å². The zero-order valence-corrected chi connectivity index (χ0v) is 14.9. The summed E-state index contributed by atoms with van der Waals surface area (Å²) in [6.07, 6.45) is 1.11. The molecule has 3 aliphatic carbocycles. The molecule has 0 saturated carbocycles. The highest BCUT2D eigenvalue weighted by Crippen LogP contribution is 2.55. The Hall–Kier alpha value is -2.33. The molecule has 26 heavy (non-hydrogen) atoms. The van der Waals surface area contributed by atoms with Crippen molar-refractivity contribution in [3.8, 4) is 0 Å². The third-order valence-corrected chi connectivity index (χ3v) is 6.24. The first-order valence-electron chi connectivity index (χ1n) is 9.61. The maximum absolute atomic E-state index is 12.5. The number of hydrogen-bond acceptors (Lipinski definition) is 2. The van der Waals surface area contributed by atoms with Gasteiger partial charge in [-0.15, -0.1) is 0 Å². The third kappa shape index (κ3) is 2.52. The van der Waals surface area contributed by atoms with E-state index in [1.807, 2.05) is 4.90 Å². The van der Waals surface area contributed by atoms with E-state index in [4.69, 9.17) is 4.74 Å². The van der Waals surface area contributed by atoms with Crippen molar-refractivity contribution in [2.75, 3.05) is 32.8 Å². The first-order chi connectivity index (χ1) is 12.8. The number of benzene rings is 2. The minimum Gasteiger partial charge on any atom is -0.378 e. The molecule has 1 heterocycles. The fourth-order valence-electron chi connectivity index (χ4n) is 5.06. The molecule has 1 saturated heterocycles. The van der Waals surface area contributed by atoms with Gasteiger partial charge in [0.25, 0.3) is 0 Å². The second-order valence-electron chi connectivity index (χ2n) is 7.57. The van der Waals surface area contributed by atoms with Crippen LogP contribution in [0.3, 0.4) is 0 Å². The number of carbonyl (C=O) groups excluding carboxylic acids is 1. The SMILES string of the molecule is O=C(NCC1CC2c3ccccc3C1c1ccccc12)N1CCOCC1. The van der Waals surface area contributed by atoms with Gasteiger partial charge in [0.05, 0.1) is 13.2 Å². The van der Waals surface area contributed by atoms with Crippen molar-refractivity contribution in [3.05, 3.63) is 70.8 Å². The Labute approximate surface area is 154 Å². The standard InChI is InChI=1S/C22H24N2O2/c25-22(24-9-11-26-12-10-24)23-14-15-13-20-16-5-1-3-7-18(16)21(15)19-8-4-2-6-17(19)20/h1-8,15,20-21H,9-14H2,(H,23,25). The summed E-state index contributed by atoms with van der Waals surface area (Å²) in [6.45, 7) is 3.40. The van der Waals surface area contributed by atoms with Gasteiger partial charge in [0.15, 0.2) is 0 Å². The van der Waals surface area contributed by atoms with Crippen LogP contribution in [0.2, 0.25) is 0 Å². The second-order valence-corrected chi connectivity index (χ2v) is 7.57. The van der Waals surface area contributed by atoms with Gasteiger partial charge in [0.2, 0.25) is 0 Å². The summed E-state index contributed by atoms with van der Waals surface area (Å²) in [7, 11) is 0. The minimum absolute atomic E-state index is 0.0521. The Morgan fingerprint density at radius 1 is 0.962 bits per heavy atom. The van der Waals surface area contributed by atoms with Crippen molar-refractivity contribution in [3.63, 3.8) is 0 Å². The average molecular weight is 348 g/mol. The van der Waals surface area contributed by atoms with E-state index in [2.05, 4.69) is 53.8 Å². The molecule has 1 fully saturated rings. The molecule has 134 valence electrons. The van der Waals surface area contributed by atoms with Crippen molar-refractivity contribution >= 4 is 6.03 Å². The maximum atomic E-state index is 12.5. The topological polar surface area (TPSA) is 41.6 Å². The summed E-state index contributed by atoms with van der Waals surface area (Å²) >= 11 is 0. The number of hydrogen-bond donors (Lipinski definition) is 1. The van der Waals surface area contributed by atoms with Gasteiger partial charge in [0, 0.05) is 31.5 Å². The molecule has 2 aromatic rings. The lowest BCUT2D eigenvalue weighted by molar-refractivity contribution is 0.0528. The van der Waals surface area contributed by atoms with E-state index in [9.17, 15) is 4.79 Å². The molecule has 0 radical (unpaired) electrons. The third-order valence-electron chi connectivity index (χ3n) is 6.24. The fraction of sp³-hybridized carbons (Fsp3) is 0.409. The van der Waals surface area contributed by atoms with Crippen LogP contribution < -0.4 is 5.32 Å². The molecule has 0 spiro atoms. The largest absolute Gasteiger partial charge is 0.378 e. The van der Waals surface area contributed by atoms with Crippen LogP contribution in [0.4, 0.5) is 4.79 Å². The molecular formula is C22H24N2O2. The lowest BCUT2D eigenvalue weighted by Gasteiger charge is -2.45. The number of nitrogens with one attached hydrogen (secondary N) is 1. The van der Waals surface area contributed by atoms with Crippen molar-refractivity contribution in [2.24, 2.45) is 5.92 Å². The number of morpholine rings is 1. The van der Waals surface area contributed by atoms with E-state index in [-0.39, 0.29) is 6.03 Å². The number of urea groups is 1. The van der Waals surface area contributed by atoms with Crippen LogP contribution in [-0.2, 0) is 4.74 Å². The summed E-state index contributed by atoms with van der Waals surface area (Å²) < 4.78 is 5.34. The van der Waals surface area contributed by atoms with Crippen LogP contribution in [0, 0.1) is 5.92 Å². The van der Waals surface area contributed by atoms with E-state index >= 15 is 0 Å². The van der Waals surface area contributed by atoms with E-state index in [1.165, 1.54) is 22.3 Å². The van der Waals surface area contributed by atoms with E-state index in [0.29, 0.717) is 44.1 Å². The van der Waals surface area contributed by atoms with Crippen molar-refractivity contribution < 1.29 is 9.53 Å². The number of fused-ring (bicyclic) bond motifs is 1. The van der Waals surface area contributed by atoms with Gasteiger partial charge >= 0.3 is 6.03 Å². The van der Waals surface area contributed by atoms with Gasteiger partial charge in [-0.25, -0.2) is 4.79 Å². The van der Waals surface area contributed by atoms with Crippen LogP contribution in [0.5, 0.6) is 0 Å². The number of rotatable bonds is 2. The van der Waals surface area contributed by atoms with Crippen molar-refractivity contribution in [1.82, 2.24) is 10.2 Å². The second kappa shape index (κ2) is 6.44. The molecule has 2 bridgehead atoms. The molecule has 4 heteroatoms. The number of ether oxygens (including phenoxy) is 1. The van der Waals surface area contributed by atoms with Gasteiger partial charge in [0.1, 0.15) is 0 Å². The highest BCUT2D eigenvalue weighted by atomic mass is 16.5. The highest BCUT2D eigenvalue weighted by Gasteiger charge is 2.42. The lowest BCUT2D eigenvalue weighted by Crippen LogP contribution is -2.48. The Morgan fingerprint density at radius 3 is 2.15 bits per heavy atom. The zero-order chi connectivity index (χ0) is 17.5. The van der Waals surface area contributed by atoms with E-state index in [0.717, 1.165) is 13.0 Å². The smallest absolute Gasteiger partial charge is 0.317 e. The Morgan fingerprint density at radius 2 is 1.54 bits per heavy atom. The van der Waals surface area contributed by atoms with Crippen LogP contribution in [0.15, 0.2) is 48.5 Å². The quantitative estimate of drug-likeness (QED) is 0.904.